The summed E-state index contributed by atoms with van der Waals surface area (Å²) in [5, 5.41) is -0.219. The highest BCUT2D eigenvalue weighted by atomic mass is 35.5. The largest absolute Gasteiger partial charge is 0.494 e. The van der Waals surface area contributed by atoms with Crippen LogP contribution in [0.4, 0.5) is 4.39 Å². The normalized spacial score (nSPS) is 9.87. The first-order valence-electron chi connectivity index (χ1n) is 4.31. The van der Waals surface area contributed by atoms with Crippen LogP contribution in [0.1, 0.15) is 17.3 Å². The van der Waals surface area contributed by atoms with Crippen molar-refractivity contribution < 1.29 is 18.7 Å². The molecule has 0 aromatic heterocycles. The summed E-state index contributed by atoms with van der Waals surface area (Å²) in [6.07, 6.45) is 0. The molecule has 0 aliphatic carbocycles. The highest BCUT2D eigenvalue weighted by Crippen LogP contribution is 2.31. The Morgan fingerprint density at radius 2 is 2.20 bits per heavy atom. The number of hydrogen-bond donors (Lipinski definition) is 0. The van der Waals surface area contributed by atoms with E-state index in [0.717, 1.165) is 6.07 Å². The van der Waals surface area contributed by atoms with E-state index < -0.39 is 11.8 Å². The molecule has 0 aliphatic heterocycles. The van der Waals surface area contributed by atoms with Crippen molar-refractivity contribution in [3.05, 3.63) is 28.5 Å². The topological polar surface area (TPSA) is 35.5 Å². The van der Waals surface area contributed by atoms with E-state index in [9.17, 15) is 9.18 Å². The maximum absolute atomic E-state index is 13.0. The zero-order valence-corrected chi connectivity index (χ0v) is 9.10. The van der Waals surface area contributed by atoms with Crippen LogP contribution in [0.2, 0.25) is 5.02 Å². The molecule has 1 aromatic rings. The molecule has 0 unspecified atom stereocenters. The molecule has 0 aliphatic rings. The van der Waals surface area contributed by atoms with Crippen molar-refractivity contribution in [3.8, 4) is 5.75 Å². The third kappa shape index (κ3) is 2.39. The number of benzene rings is 1. The maximum Gasteiger partial charge on any atom is 0.341 e. The van der Waals surface area contributed by atoms with E-state index >= 15 is 0 Å². The van der Waals surface area contributed by atoms with E-state index in [4.69, 9.17) is 21.1 Å². The lowest BCUT2D eigenvalue weighted by atomic mass is 10.2. The number of methoxy groups -OCH3 is 1. The SMILES string of the molecule is CCOC(=O)c1ccc(F)c(Cl)c1OC. The van der Waals surface area contributed by atoms with Crippen molar-refractivity contribution in [3.63, 3.8) is 0 Å². The van der Waals surface area contributed by atoms with Crippen molar-refractivity contribution >= 4 is 17.6 Å². The van der Waals surface area contributed by atoms with Gasteiger partial charge in [0.15, 0.2) is 5.75 Å². The van der Waals surface area contributed by atoms with Gasteiger partial charge in [-0.1, -0.05) is 11.6 Å². The first-order chi connectivity index (χ1) is 7.11. The maximum atomic E-state index is 13.0. The summed E-state index contributed by atoms with van der Waals surface area (Å²) >= 11 is 5.63. The predicted octanol–water partition coefficient (Wildman–Crippen LogP) is 2.66. The van der Waals surface area contributed by atoms with Gasteiger partial charge in [-0.3, -0.25) is 0 Å². The van der Waals surface area contributed by atoms with Crippen LogP contribution in [0.25, 0.3) is 0 Å². The second-order valence-electron chi connectivity index (χ2n) is 2.66. The van der Waals surface area contributed by atoms with Crippen molar-refractivity contribution in [2.45, 2.75) is 6.92 Å². The molecule has 1 rings (SSSR count). The van der Waals surface area contributed by atoms with Crippen LogP contribution >= 0.6 is 11.6 Å². The number of carbonyl (C=O) groups is 1. The van der Waals surface area contributed by atoms with Gasteiger partial charge in [0.05, 0.1) is 13.7 Å². The number of esters is 1. The van der Waals surface area contributed by atoms with E-state index in [2.05, 4.69) is 0 Å². The lowest BCUT2D eigenvalue weighted by Crippen LogP contribution is -2.07. The van der Waals surface area contributed by atoms with Crippen LogP contribution in [-0.2, 0) is 4.74 Å². The van der Waals surface area contributed by atoms with Gasteiger partial charge in [-0.25, -0.2) is 9.18 Å². The van der Waals surface area contributed by atoms with Crippen LogP contribution in [-0.4, -0.2) is 19.7 Å². The smallest absolute Gasteiger partial charge is 0.341 e. The predicted molar refractivity (Wildman–Crippen MR) is 53.9 cm³/mol. The number of rotatable bonds is 3. The highest BCUT2D eigenvalue weighted by molar-refractivity contribution is 6.32. The van der Waals surface area contributed by atoms with E-state index in [1.54, 1.807) is 6.92 Å². The lowest BCUT2D eigenvalue weighted by molar-refractivity contribution is 0.0522. The van der Waals surface area contributed by atoms with Gasteiger partial charge in [0, 0.05) is 0 Å². The van der Waals surface area contributed by atoms with Gasteiger partial charge in [-0.05, 0) is 19.1 Å². The van der Waals surface area contributed by atoms with Crippen LogP contribution in [0.15, 0.2) is 12.1 Å². The molecular formula is C10H10ClFO3. The van der Waals surface area contributed by atoms with Crippen LogP contribution in [0.5, 0.6) is 5.75 Å². The van der Waals surface area contributed by atoms with Crippen molar-refractivity contribution in [1.82, 2.24) is 0 Å². The minimum Gasteiger partial charge on any atom is -0.494 e. The minimum absolute atomic E-state index is 0.00452. The third-order valence-electron chi connectivity index (χ3n) is 1.75. The Balaban J connectivity index is 3.18. The van der Waals surface area contributed by atoms with Crippen LogP contribution in [0.3, 0.4) is 0 Å². The summed E-state index contributed by atoms with van der Waals surface area (Å²) in [6.45, 7) is 1.91. The van der Waals surface area contributed by atoms with Gasteiger partial charge in [-0.2, -0.15) is 0 Å². The Morgan fingerprint density at radius 1 is 1.53 bits per heavy atom. The Labute approximate surface area is 91.7 Å². The summed E-state index contributed by atoms with van der Waals surface area (Å²) in [5.41, 5.74) is 0.116. The monoisotopic (exact) mass is 232 g/mol. The summed E-state index contributed by atoms with van der Waals surface area (Å²) in [7, 11) is 1.31. The average Bonchev–Trinajstić information content (AvgIpc) is 2.22. The Kier molecular flexibility index (Phi) is 3.91. The zero-order chi connectivity index (χ0) is 11.4. The molecule has 3 nitrogen and oxygen atoms in total. The van der Waals surface area contributed by atoms with Gasteiger partial charge in [0.1, 0.15) is 16.4 Å². The van der Waals surface area contributed by atoms with E-state index in [-0.39, 0.29) is 22.9 Å². The molecule has 0 saturated heterocycles. The van der Waals surface area contributed by atoms with E-state index in [1.165, 1.54) is 13.2 Å². The summed E-state index contributed by atoms with van der Waals surface area (Å²) in [6, 6.07) is 2.37. The molecule has 0 heterocycles. The molecule has 5 heteroatoms. The van der Waals surface area contributed by atoms with Gasteiger partial charge >= 0.3 is 5.97 Å². The fraction of sp³-hybridized carbons (Fsp3) is 0.300. The molecule has 0 saturated carbocycles. The van der Waals surface area contributed by atoms with Gasteiger partial charge in [0.25, 0.3) is 0 Å². The number of ether oxygens (including phenoxy) is 2. The fourth-order valence-corrected chi connectivity index (χ4v) is 1.34. The summed E-state index contributed by atoms with van der Waals surface area (Å²) in [4.78, 5) is 11.4. The van der Waals surface area contributed by atoms with Crippen molar-refractivity contribution in [2.24, 2.45) is 0 Å². The average molecular weight is 233 g/mol. The zero-order valence-electron chi connectivity index (χ0n) is 8.34. The Bertz CT molecular complexity index is 379. The van der Waals surface area contributed by atoms with Crippen LogP contribution < -0.4 is 4.74 Å². The molecule has 0 amide bonds. The molecule has 0 bridgehead atoms. The lowest BCUT2D eigenvalue weighted by Gasteiger charge is -2.09. The molecule has 0 spiro atoms. The Hall–Kier alpha value is -1.29. The van der Waals surface area contributed by atoms with Crippen molar-refractivity contribution in [1.29, 1.82) is 0 Å². The molecular weight excluding hydrogens is 223 g/mol. The molecule has 0 N–H and O–H groups in total. The molecule has 1 aromatic carbocycles. The summed E-state index contributed by atoms with van der Waals surface area (Å²) < 4.78 is 22.6. The first kappa shape index (κ1) is 11.8. The molecule has 15 heavy (non-hydrogen) atoms. The summed E-state index contributed by atoms with van der Waals surface area (Å²) in [5.74, 6) is -1.23. The minimum atomic E-state index is -0.637. The third-order valence-corrected chi connectivity index (χ3v) is 2.10. The second-order valence-corrected chi connectivity index (χ2v) is 3.04. The van der Waals surface area contributed by atoms with E-state index in [1.807, 2.05) is 0 Å². The number of halogens is 2. The fourth-order valence-electron chi connectivity index (χ4n) is 1.10. The number of carbonyl (C=O) groups excluding carboxylic acids is 1. The molecule has 0 atom stereocenters. The van der Waals surface area contributed by atoms with Gasteiger partial charge in [0.2, 0.25) is 0 Å². The number of hydrogen-bond acceptors (Lipinski definition) is 3. The second kappa shape index (κ2) is 4.98. The Morgan fingerprint density at radius 3 is 2.73 bits per heavy atom. The van der Waals surface area contributed by atoms with Crippen molar-refractivity contribution in [2.75, 3.05) is 13.7 Å². The standard InChI is InChI=1S/C10H10ClFO3/c1-3-15-10(13)6-4-5-7(12)8(11)9(6)14-2/h4-5H,3H2,1-2H3. The first-order valence-corrected chi connectivity index (χ1v) is 4.68. The van der Waals surface area contributed by atoms with Gasteiger partial charge in [-0.15, -0.1) is 0 Å². The highest BCUT2D eigenvalue weighted by Gasteiger charge is 2.18. The molecule has 82 valence electrons. The quantitative estimate of drug-likeness (QED) is 0.752. The van der Waals surface area contributed by atoms with E-state index in [0.29, 0.717) is 0 Å². The van der Waals surface area contributed by atoms with Crippen LogP contribution in [0, 0.1) is 5.82 Å². The van der Waals surface area contributed by atoms with Gasteiger partial charge < -0.3 is 9.47 Å². The molecule has 0 fully saturated rings. The molecule has 0 radical (unpaired) electrons.